The second-order valence-electron chi connectivity index (χ2n) is 7.18. The van der Waals surface area contributed by atoms with E-state index in [0.717, 1.165) is 18.2 Å². The number of hydrogen-bond acceptors (Lipinski definition) is 0. The molecule has 25 heavy (non-hydrogen) atoms. The Morgan fingerprint density at radius 3 is 2.44 bits per heavy atom. The molecule has 0 spiro atoms. The van der Waals surface area contributed by atoms with Gasteiger partial charge in [0, 0.05) is 23.6 Å². The summed E-state index contributed by atoms with van der Waals surface area (Å²) in [5.41, 5.74) is 5.69. The number of fused-ring (bicyclic) bond motifs is 1. The zero-order chi connectivity index (χ0) is 17.8. The van der Waals surface area contributed by atoms with Crippen LogP contribution in [0.25, 0.3) is 10.9 Å². The summed E-state index contributed by atoms with van der Waals surface area (Å²) in [4.78, 5) is 0. The van der Waals surface area contributed by atoms with Gasteiger partial charge in [0.15, 0.2) is 0 Å². The third kappa shape index (κ3) is 4.30. The molecule has 0 fully saturated rings. The van der Waals surface area contributed by atoms with Gasteiger partial charge < -0.3 is 4.57 Å². The molecule has 1 aromatic heterocycles. The highest BCUT2D eigenvalue weighted by Gasteiger charge is 2.17. The van der Waals surface area contributed by atoms with Crippen molar-refractivity contribution in [1.29, 1.82) is 0 Å². The molecular weight excluding hydrogens is 322 g/mol. The first kappa shape index (κ1) is 18.1. The predicted molar refractivity (Wildman–Crippen MR) is 114 cm³/mol. The Morgan fingerprint density at radius 1 is 1.00 bits per heavy atom. The highest BCUT2D eigenvalue weighted by Crippen LogP contribution is 2.26. The van der Waals surface area contributed by atoms with E-state index in [9.17, 15) is 0 Å². The topological polar surface area (TPSA) is 4.93 Å². The van der Waals surface area contributed by atoms with Gasteiger partial charge in [-0.25, -0.2) is 0 Å². The zero-order valence-electron chi connectivity index (χ0n) is 16.0. The number of hydrogen-bond donors (Lipinski definition) is 0. The molecule has 132 valence electrons. The fraction of sp³-hybridized carbons (Fsp3) is 0.391. The molecule has 1 atom stereocenters. The first-order valence-corrected chi connectivity index (χ1v) is 11.4. The van der Waals surface area contributed by atoms with Crippen molar-refractivity contribution in [3.05, 3.63) is 71.4 Å². The molecule has 1 heterocycles. The van der Waals surface area contributed by atoms with Gasteiger partial charge in [-0.3, -0.25) is 0 Å². The lowest BCUT2D eigenvalue weighted by Gasteiger charge is -2.08. The van der Waals surface area contributed by atoms with Gasteiger partial charge in [0.05, 0.1) is 12.5 Å². The fourth-order valence-corrected chi connectivity index (χ4v) is 4.00. The van der Waals surface area contributed by atoms with Crippen LogP contribution in [-0.4, -0.2) is 22.3 Å². The lowest BCUT2D eigenvalue weighted by Crippen LogP contribution is -2.15. The second-order valence-corrected chi connectivity index (χ2v) is 9.75. The summed E-state index contributed by atoms with van der Waals surface area (Å²) in [6.45, 7) is 5.66. The highest BCUT2D eigenvalue weighted by molar-refractivity contribution is 7.96. The van der Waals surface area contributed by atoms with E-state index in [1.54, 1.807) is 0 Å². The van der Waals surface area contributed by atoms with Crippen LogP contribution in [0.3, 0.4) is 0 Å². The van der Waals surface area contributed by atoms with Crippen molar-refractivity contribution in [2.45, 2.75) is 44.9 Å². The van der Waals surface area contributed by atoms with Crippen LogP contribution in [0.5, 0.6) is 0 Å². The van der Waals surface area contributed by atoms with E-state index >= 15 is 0 Å². The van der Waals surface area contributed by atoms with E-state index in [0.29, 0.717) is 10.9 Å². The van der Waals surface area contributed by atoms with Crippen LogP contribution in [0.15, 0.2) is 54.7 Å². The van der Waals surface area contributed by atoms with Crippen LogP contribution in [0.2, 0.25) is 0 Å². The molecule has 0 saturated heterocycles. The molecule has 2 aromatic carbocycles. The maximum absolute atomic E-state index is 2.42. The van der Waals surface area contributed by atoms with Gasteiger partial charge in [-0.2, -0.15) is 0 Å². The van der Waals surface area contributed by atoms with Crippen molar-refractivity contribution in [2.24, 2.45) is 0 Å². The molecule has 0 amide bonds. The van der Waals surface area contributed by atoms with E-state index in [2.05, 4.69) is 85.7 Å². The molecule has 3 rings (SSSR count). The van der Waals surface area contributed by atoms with Gasteiger partial charge in [-0.05, 0) is 72.8 Å². The molecule has 0 aliphatic carbocycles. The van der Waals surface area contributed by atoms with Gasteiger partial charge in [-0.15, -0.1) is 0 Å². The molecule has 0 saturated carbocycles. The Hall–Kier alpha value is -1.67. The average Bonchev–Trinajstić information content (AvgIpc) is 2.97. The van der Waals surface area contributed by atoms with Crippen molar-refractivity contribution in [2.75, 3.05) is 12.5 Å². The zero-order valence-corrected chi connectivity index (χ0v) is 16.8. The van der Waals surface area contributed by atoms with Gasteiger partial charge in [0.1, 0.15) is 5.25 Å². The molecule has 0 bridgehead atoms. The lowest BCUT2D eigenvalue weighted by molar-refractivity contribution is 0.775. The van der Waals surface area contributed by atoms with Crippen molar-refractivity contribution in [3.63, 3.8) is 0 Å². The van der Waals surface area contributed by atoms with Crippen LogP contribution >= 0.6 is 0 Å². The summed E-state index contributed by atoms with van der Waals surface area (Å²) < 4.78 is 2.40. The molecule has 2 heteroatoms. The van der Waals surface area contributed by atoms with E-state index in [4.69, 9.17) is 0 Å². The van der Waals surface area contributed by atoms with Crippen molar-refractivity contribution in [3.8, 4) is 0 Å². The minimum atomic E-state index is 0.500. The standard InChI is InChI=1S/C23H30NS/c1-5-24-17-21(13-11-18(2)25(3)4)22-16-20(12-14-23(22)24)15-19-9-7-6-8-10-19/h6-10,12,14,16-18H,5,11,13,15H2,1-4H3/q+1. The summed E-state index contributed by atoms with van der Waals surface area (Å²) in [6, 6.07) is 17.8. The molecule has 0 radical (unpaired) electrons. The maximum Gasteiger partial charge on any atom is 0.115 e. The Morgan fingerprint density at radius 2 is 1.76 bits per heavy atom. The van der Waals surface area contributed by atoms with Crippen LogP contribution in [0, 0.1) is 0 Å². The predicted octanol–water partition coefficient (Wildman–Crippen LogP) is 5.45. The van der Waals surface area contributed by atoms with Gasteiger partial charge in [0.2, 0.25) is 0 Å². The SMILES string of the molecule is CCn1cc(CCC(C)[S+](C)C)c2cc(Cc3ccccc3)ccc21. The summed E-state index contributed by atoms with van der Waals surface area (Å²) in [5, 5.41) is 2.25. The van der Waals surface area contributed by atoms with Gasteiger partial charge >= 0.3 is 0 Å². The summed E-state index contributed by atoms with van der Waals surface area (Å²) in [5.74, 6) is 0. The Kier molecular flexibility index (Phi) is 5.90. The maximum atomic E-state index is 2.42. The molecule has 1 unspecified atom stereocenters. The number of rotatable bonds is 7. The van der Waals surface area contributed by atoms with Gasteiger partial charge in [-0.1, -0.05) is 36.4 Å². The van der Waals surface area contributed by atoms with Crippen molar-refractivity contribution in [1.82, 2.24) is 4.57 Å². The van der Waals surface area contributed by atoms with Crippen LogP contribution in [0.1, 0.15) is 37.0 Å². The van der Waals surface area contributed by atoms with Crippen LogP contribution in [-0.2, 0) is 30.3 Å². The number of aromatic nitrogens is 1. The number of benzene rings is 2. The van der Waals surface area contributed by atoms with E-state index in [-0.39, 0.29) is 0 Å². The molecule has 0 aliphatic rings. The highest BCUT2D eigenvalue weighted by atomic mass is 32.2. The Balaban J connectivity index is 1.89. The van der Waals surface area contributed by atoms with Crippen LogP contribution in [0.4, 0.5) is 0 Å². The molecular formula is C23H30NS+. The molecule has 0 aliphatic heterocycles. The minimum absolute atomic E-state index is 0.500. The summed E-state index contributed by atoms with van der Waals surface area (Å²) in [6.07, 6.45) is 10.6. The van der Waals surface area contributed by atoms with Gasteiger partial charge in [0.25, 0.3) is 0 Å². The van der Waals surface area contributed by atoms with Crippen molar-refractivity contribution >= 4 is 21.8 Å². The minimum Gasteiger partial charge on any atom is -0.347 e. The molecule has 0 N–H and O–H groups in total. The molecule has 1 nitrogen and oxygen atoms in total. The normalized spacial score (nSPS) is 12.8. The Bertz CT molecular complexity index is 817. The third-order valence-electron chi connectivity index (χ3n) is 5.24. The largest absolute Gasteiger partial charge is 0.347 e. The van der Waals surface area contributed by atoms with Crippen molar-refractivity contribution < 1.29 is 0 Å². The van der Waals surface area contributed by atoms with E-state index in [1.165, 1.54) is 40.4 Å². The number of nitrogens with zero attached hydrogens (tertiary/aromatic N) is 1. The average molecular weight is 353 g/mol. The monoisotopic (exact) mass is 352 g/mol. The van der Waals surface area contributed by atoms with E-state index in [1.807, 2.05) is 0 Å². The first-order chi connectivity index (χ1) is 12.1. The second kappa shape index (κ2) is 8.14. The summed E-state index contributed by atoms with van der Waals surface area (Å²) >= 11 is 0. The summed E-state index contributed by atoms with van der Waals surface area (Å²) in [7, 11) is 0.500. The third-order valence-corrected chi connectivity index (χ3v) is 7.09. The fourth-order valence-electron chi connectivity index (χ4n) is 3.41. The molecule has 3 aromatic rings. The Labute approximate surface area is 155 Å². The van der Waals surface area contributed by atoms with E-state index < -0.39 is 0 Å². The number of aryl methyl sites for hydroxylation is 2. The van der Waals surface area contributed by atoms with Crippen LogP contribution < -0.4 is 0 Å². The quantitative estimate of drug-likeness (QED) is 0.498. The smallest absolute Gasteiger partial charge is 0.115 e. The lowest BCUT2D eigenvalue weighted by atomic mass is 10.0. The first-order valence-electron chi connectivity index (χ1n) is 9.29.